The molecule has 0 spiro atoms. The zero-order valence-electron chi connectivity index (χ0n) is 9.78. The summed E-state index contributed by atoms with van der Waals surface area (Å²) in [7, 11) is 0. The fourth-order valence-corrected chi connectivity index (χ4v) is 2.40. The van der Waals surface area contributed by atoms with Gasteiger partial charge in [-0.1, -0.05) is 18.5 Å². The molecule has 0 amide bonds. The zero-order chi connectivity index (χ0) is 14.0. The Hall–Kier alpha value is -1.21. The van der Waals surface area contributed by atoms with Crippen LogP contribution in [0.5, 0.6) is 0 Å². The van der Waals surface area contributed by atoms with Gasteiger partial charge in [-0.15, -0.1) is 24.9 Å². The predicted molar refractivity (Wildman–Crippen MR) is 68.2 cm³/mol. The molecule has 0 aliphatic rings. The van der Waals surface area contributed by atoms with Crippen molar-refractivity contribution >= 4 is 23.4 Å². The number of pyridine rings is 1. The molecule has 2 heterocycles. The van der Waals surface area contributed by atoms with E-state index in [0.29, 0.717) is 10.7 Å². The average Bonchev–Trinajstić information content (AvgIpc) is 2.81. The van der Waals surface area contributed by atoms with Gasteiger partial charge in [0.15, 0.2) is 0 Å². The fraction of sp³-hybridized carbons (Fsp3) is 0.273. The standard InChI is InChI=1S/C11H9ClF3N3S/c1-2-19-9-5-7(6-16-10(9)12)8-3-4-18(17-8)11(13,14)15/h3-6H,2H2,1H3. The van der Waals surface area contributed by atoms with Gasteiger partial charge in [-0.25, -0.2) is 4.98 Å². The Labute approximate surface area is 116 Å². The van der Waals surface area contributed by atoms with Crippen molar-refractivity contribution in [3.8, 4) is 11.3 Å². The van der Waals surface area contributed by atoms with Gasteiger partial charge >= 0.3 is 6.30 Å². The van der Waals surface area contributed by atoms with Gasteiger partial charge in [-0.2, -0.15) is 9.78 Å². The smallest absolute Gasteiger partial charge is 0.243 e. The van der Waals surface area contributed by atoms with Crippen LogP contribution in [0.3, 0.4) is 0 Å². The zero-order valence-corrected chi connectivity index (χ0v) is 11.4. The van der Waals surface area contributed by atoms with Gasteiger partial charge in [-0.3, -0.25) is 0 Å². The Kier molecular flexibility index (Phi) is 4.05. The van der Waals surface area contributed by atoms with E-state index in [1.165, 1.54) is 24.0 Å². The number of alkyl halides is 3. The van der Waals surface area contributed by atoms with Crippen molar-refractivity contribution in [3.63, 3.8) is 0 Å². The van der Waals surface area contributed by atoms with Gasteiger partial charge in [0.05, 0.1) is 5.69 Å². The molecule has 3 nitrogen and oxygen atoms in total. The molecular formula is C11H9ClF3N3S. The van der Waals surface area contributed by atoms with E-state index in [9.17, 15) is 13.2 Å². The minimum atomic E-state index is -4.51. The van der Waals surface area contributed by atoms with Crippen LogP contribution < -0.4 is 0 Å². The van der Waals surface area contributed by atoms with E-state index in [4.69, 9.17) is 11.6 Å². The third kappa shape index (κ3) is 3.22. The maximum absolute atomic E-state index is 12.4. The Bertz CT molecular complexity index is 583. The molecule has 2 rings (SSSR count). The highest BCUT2D eigenvalue weighted by molar-refractivity contribution is 7.99. The second kappa shape index (κ2) is 5.42. The second-order valence-corrected chi connectivity index (χ2v) is 5.22. The maximum Gasteiger partial charge on any atom is 0.504 e. The average molecular weight is 308 g/mol. The molecule has 102 valence electrons. The van der Waals surface area contributed by atoms with E-state index >= 15 is 0 Å². The first kappa shape index (κ1) is 14.2. The van der Waals surface area contributed by atoms with Crippen LogP contribution in [0, 0.1) is 0 Å². The third-order valence-corrected chi connectivity index (χ3v) is 3.58. The predicted octanol–water partition coefficient (Wildman–Crippen LogP) is 4.19. The van der Waals surface area contributed by atoms with E-state index in [1.807, 2.05) is 6.92 Å². The van der Waals surface area contributed by atoms with Crippen LogP contribution in [0.15, 0.2) is 29.4 Å². The summed E-state index contributed by atoms with van der Waals surface area (Å²) in [5.74, 6) is 0.793. The van der Waals surface area contributed by atoms with E-state index in [1.54, 1.807) is 6.07 Å². The SMILES string of the molecule is CCSc1cc(-c2ccn(C(F)(F)F)n2)cnc1Cl. The molecule has 2 aromatic rings. The fourth-order valence-electron chi connectivity index (χ4n) is 1.44. The van der Waals surface area contributed by atoms with Gasteiger partial charge < -0.3 is 0 Å². The number of thioether (sulfide) groups is 1. The number of hydrogen-bond acceptors (Lipinski definition) is 3. The lowest BCUT2D eigenvalue weighted by Gasteiger charge is -2.05. The lowest BCUT2D eigenvalue weighted by molar-refractivity contribution is -0.212. The van der Waals surface area contributed by atoms with E-state index in [0.717, 1.165) is 16.8 Å². The van der Waals surface area contributed by atoms with Crippen LogP contribution in [0.1, 0.15) is 6.92 Å². The summed E-state index contributed by atoms with van der Waals surface area (Å²) in [4.78, 5) is 4.68. The molecule has 0 fully saturated rings. The number of halogens is 4. The molecule has 0 bridgehead atoms. The Balaban J connectivity index is 2.36. The Morgan fingerprint density at radius 1 is 1.42 bits per heavy atom. The molecule has 0 saturated carbocycles. The normalized spacial score (nSPS) is 11.8. The van der Waals surface area contributed by atoms with Crippen molar-refractivity contribution in [2.24, 2.45) is 0 Å². The van der Waals surface area contributed by atoms with E-state index < -0.39 is 6.30 Å². The van der Waals surface area contributed by atoms with E-state index in [2.05, 4.69) is 10.1 Å². The minimum absolute atomic E-state index is 0.0381. The molecule has 0 N–H and O–H groups in total. The third-order valence-electron chi connectivity index (χ3n) is 2.25. The summed E-state index contributed by atoms with van der Waals surface area (Å²) in [5.41, 5.74) is 0.711. The highest BCUT2D eigenvalue weighted by Crippen LogP contribution is 2.30. The molecule has 0 radical (unpaired) electrons. The van der Waals surface area contributed by atoms with Crippen LogP contribution in [0.2, 0.25) is 5.15 Å². The van der Waals surface area contributed by atoms with Gasteiger partial charge in [-0.05, 0) is 17.9 Å². The summed E-state index contributed by atoms with van der Waals surface area (Å²) >= 11 is 7.37. The van der Waals surface area contributed by atoms with Crippen LogP contribution in [0.25, 0.3) is 11.3 Å². The summed E-state index contributed by atoms with van der Waals surface area (Å²) in [6.07, 6.45) is -2.24. The Morgan fingerprint density at radius 3 is 2.74 bits per heavy atom. The summed E-state index contributed by atoms with van der Waals surface area (Å²) in [6, 6.07) is 2.98. The van der Waals surface area contributed by atoms with Crippen LogP contribution in [-0.4, -0.2) is 20.5 Å². The topological polar surface area (TPSA) is 30.7 Å². The van der Waals surface area contributed by atoms with Crippen molar-refractivity contribution in [1.29, 1.82) is 0 Å². The first-order valence-corrected chi connectivity index (χ1v) is 6.69. The quantitative estimate of drug-likeness (QED) is 0.629. The molecule has 0 unspecified atom stereocenters. The minimum Gasteiger partial charge on any atom is -0.243 e. The van der Waals surface area contributed by atoms with Crippen molar-refractivity contribution in [2.75, 3.05) is 5.75 Å². The summed E-state index contributed by atoms with van der Waals surface area (Å²) in [5, 5.41) is 3.82. The van der Waals surface area contributed by atoms with Crippen molar-refractivity contribution in [1.82, 2.24) is 14.8 Å². The monoisotopic (exact) mass is 307 g/mol. The van der Waals surface area contributed by atoms with Gasteiger partial charge in [0.2, 0.25) is 0 Å². The molecule has 0 saturated heterocycles. The highest BCUT2D eigenvalue weighted by atomic mass is 35.5. The van der Waals surface area contributed by atoms with Crippen LogP contribution >= 0.6 is 23.4 Å². The molecule has 2 aromatic heterocycles. The largest absolute Gasteiger partial charge is 0.504 e. The molecule has 0 aliphatic heterocycles. The first-order valence-electron chi connectivity index (χ1n) is 5.33. The van der Waals surface area contributed by atoms with Crippen molar-refractivity contribution in [2.45, 2.75) is 18.1 Å². The van der Waals surface area contributed by atoms with Gasteiger partial charge in [0, 0.05) is 22.9 Å². The number of hydrogen-bond donors (Lipinski definition) is 0. The molecule has 0 atom stereocenters. The molecule has 0 aromatic carbocycles. The maximum atomic E-state index is 12.4. The lowest BCUT2D eigenvalue weighted by Crippen LogP contribution is -2.16. The van der Waals surface area contributed by atoms with Gasteiger partial charge in [0.1, 0.15) is 5.15 Å². The number of aromatic nitrogens is 3. The first-order chi connectivity index (χ1) is 8.91. The molecule has 19 heavy (non-hydrogen) atoms. The van der Waals surface area contributed by atoms with Gasteiger partial charge in [0.25, 0.3) is 0 Å². The summed E-state index contributed by atoms with van der Waals surface area (Å²) < 4.78 is 37.3. The van der Waals surface area contributed by atoms with Crippen LogP contribution in [-0.2, 0) is 6.30 Å². The Morgan fingerprint density at radius 2 is 2.16 bits per heavy atom. The number of rotatable bonds is 3. The summed E-state index contributed by atoms with van der Waals surface area (Å²) in [6.45, 7) is 1.95. The molecule has 0 aliphatic carbocycles. The number of nitrogens with zero attached hydrogens (tertiary/aromatic N) is 3. The lowest BCUT2D eigenvalue weighted by atomic mass is 10.2. The van der Waals surface area contributed by atoms with Crippen molar-refractivity contribution < 1.29 is 13.2 Å². The molecular weight excluding hydrogens is 299 g/mol. The second-order valence-electron chi connectivity index (χ2n) is 3.56. The molecule has 8 heteroatoms. The highest BCUT2D eigenvalue weighted by Gasteiger charge is 2.31. The van der Waals surface area contributed by atoms with E-state index in [-0.39, 0.29) is 10.4 Å². The van der Waals surface area contributed by atoms with Crippen LogP contribution in [0.4, 0.5) is 13.2 Å². The van der Waals surface area contributed by atoms with Crippen molar-refractivity contribution in [3.05, 3.63) is 29.7 Å².